The maximum atomic E-state index is 9.01. The molecule has 0 spiro atoms. The molecule has 14 heavy (non-hydrogen) atoms. The molecule has 2 rings (SSSR count). The number of aliphatic hydroxyl groups is 1. The maximum Gasteiger partial charge on any atom is 0.134 e. The SMILES string of the molecule is Cc1ccc2cc([C@H](C)CO)oc2c1. The minimum atomic E-state index is 0.0720. The average Bonchev–Trinajstić information content (AvgIpc) is 2.59. The van der Waals surface area contributed by atoms with Gasteiger partial charge in [0.15, 0.2) is 0 Å². The second-order valence-electron chi connectivity index (χ2n) is 3.77. The quantitative estimate of drug-likeness (QED) is 0.790. The summed E-state index contributed by atoms with van der Waals surface area (Å²) in [5.74, 6) is 0.927. The van der Waals surface area contributed by atoms with E-state index in [1.807, 2.05) is 32.0 Å². The van der Waals surface area contributed by atoms with Crippen LogP contribution in [0.15, 0.2) is 28.7 Å². The summed E-state index contributed by atoms with van der Waals surface area (Å²) in [6.07, 6.45) is 0. The minimum absolute atomic E-state index is 0.0720. The lowest BCUT2D eigenvalue weighted by atomic mass is 10.1. The number of furan rings is 1. The highest BCUT2D eigenvalue weighted by atomic mass is 16.3. The molecule has 0 radical (unpaired) electrons. The van der Waals surface area contributed by atoms with Gasteiger partial charge >= 0.3 is 0 Å². The lowest BCUT2D eigenvalue weighted by Crippen LogP contribution is -1.95. The monoisotopic (exact) mass is 190 g/mol. The molecule has 0 aliphatic carbocycles. The van der Waals surface area contributed by atoms with Crippen LogP contribution in [0, 0.1) is 6.92 Å². The van der Waals surface area contributed by atoms with Crippen LogP contribution in [0.1, 0.15) is 24.2 Å². The second-order valence-corrected chi connectivity index (χ2v) is 3.77. The highest BCUT2D eigenvalue weighted by molar-refractivity contribution is 5.78. The van der Waals surface area contributed by atoms with Gasteiger partial charge in [-0.1, -0.05) is 19.1 Å². The summed E-state index contributed by atoms with van der Waals surface area (Å²) in [5, 5.41) is 10.1. The molecule has 0 unspecified atom stereocenters. The molecule has 2 heteroatoms. The third kappa shape index (κ3) is 1.53. The molecular weight excluding hydrogens is 176 g/mol. The van der Waals surface area contributed by atoms with Gasteiger partial charge in [0.2, 0.25) is 0 Å². The van der Waals surface area contributed by atoms with E-state index in [1.165, 1.54) is 5.56 Å². The zero-order chi connectivity index (χ0) is 10.1. The smallest absolute Gasteiger partial charge is 0.134 e. The Kier molecular flexibility index (Phi) is 2.30. The minimum Gasteiger partial charge on any atom is -0.461 e. The van der Waals surface area contributed by atoms with Crippen molar-refractivity contribution in [3.05, 3.63) is 35.6 Å². The van der Waals surface area contributed by atoms with Crippen molar-refractivity contribution in [2.45, 2.75) is 19.8 Å². The Morgan fingerprint density at radius 1 is 1.36 bits per heavy atom. The van der Waals surface area contributed by atoms with Gasteiger partial charge in [0, 0.05) is 11.3 Å². The number of rotatable bonds is 2. The topological polar surface area (TPSA) is 33.4 Å². The fraction of sp³-hybridized carbons (Fsp3) is 0.333. The molecule has 0 aliphatic heterocycles. The van der Waals surface area contributed by atoms with Gasteiger partial charge in [0.25, 0.3) is 0 Å². The van der Waals surface area contributed by atoms with Crippen molar-refractivity contribution >= 4 is 11.0 Å². The van der Waals surface area contributed by atoms with Crippen molar-refractivity contribution in [2.24, 2.45) is 0 Å². The summed E-state index contributed by atoms with van der Waals surface area (Å²) >= 11 is 0. The first-order chi connectivity index (χ1) is 6.70. The van der Waals surface area contributed by atoms with E-state index in [2.05, 4.69) is 6.07 Å². The Balaban J connectivity index is 2.51. The van der Waals surface area contributed by atoms with Gasteiger partial charge in [-0.05, 0) is 24.6 Å². The van der Waals surface area contributed by atoms with Crippen LogP contribution in [0.25, 0.3) is 11.0 Å². The molecule has 0 fully saturated rings. The zero-order valence-electron chi connectivity index (χ0n) is 8.45. The van der Waals surface area contributed by atoms with E-state index in [-0.39, 0.29) is 12.5 Å². The Bertz CT molecular complexity index is 443. The van der Waals surface area contributed by atoms with Crippen LogP contribution in [0.3, 0.4) is 0 Å². The molecule has 0 amide bonds. The van der Waals surface area contributed by atoms with Crippen molar-refractivity contribution in [2.75, 3.05) is 6.61 Å². The maximum absolute atomic E-state index is 9.01. The van der Waals surface area contributed by atoms with Crippen molar-refractivity contribution < 1.29 is 9.52 Å². The standard InChI is InChI=1S/C12H14O2/c1-8-3-4-10-6-11(9(2)7-13)14-12(10)5-8/h3-6,9,13H,7H2,1-2H3/t9-/m1/s1. The lowest BCUT2D eigenvalue weighted by molar-refractivity contribution is 0.259. The third-order valence-corrected chi connectivity index (χ3v) is 2.45. The van der Waals surface area contributed by atoms with Crippen LogP contribution >= 0.6 is 0 Å². The van der Waals surface area contributed by atoms with Crippen molar-refractivity contribution in [1.82, 2.24) is 0 Å². The van der Waals surface area contributed by atoms with Crippen molar-refractivity contribution in [1.29, 1.82) is 0 Å². The third-order valence-electron chi connectivity index (χ3n) is 2.45. The summed E-state index contributed by atoms with van der Waals surface area (Å²) in [4.78, 5) is 0. The second kappa shape index (κ2) is 3.46. The first kappa shape index (κ1) is 9.28. The predicted octanol–water partition coefficient (Wildman–Crippen LogP) is 2.84. The van der Waals surface area contributed by atoms with E-state index in [0.29, 0.717) is 0 Å². The summed E-state index contributed by atoms with van der Waals surface area (Å²) in [6.45, 7) is 4.11. The molecule has 0 bridgehead atoms. The Hall–Kier alpha value is -1.28. The van der Waals surface area contributed by atoms with E-state index >= 15 is 0 Å². The number of aryl methyl sites for hydroxylation is 1. The van der Waals surface area contributed by atoms with Crippen LogP contribution in [-0.2, 0) is 0 Å². The predicted molar refractivity (Wildman–Crippen MR) is 56.5 cm³/mol. The zero-order valence-corrected chi connectivity index (χ0v) is 8.45. The fourth-order valence-corrected chi connectivity index (χ4v) is 1.49. The molecule has 2 nitrogen and oxygen atoms in total. The molecule has 2 aromatic rings. The van der Waals surface area contributed by atoms with Gasteiger partial charge in [-0.3, -0.25) is 0 Å². The summed E-state index contributed by atoms with van der Waals surface area (Å²) in [7, 11) is 0. The highest BCUT2D eigenvalue weighted by Gasteiger charge is 2.10. The van der Waals surface area contributed by atoms with Crippen LogP contribution in [0.5, 0.6) is 0 Å². The normalized spacial score (nSPS) is 13.4. The molecular formula is C12H14O2. The first-order valence-corrected chi connectivity index (χ1v) is 4.81. The lowest BCUT2D eigenvalue weighted by Gasteiger charge is -2.00. The highest BCUT2D eigenvalue weighted by Crippen LogP contribution is 2.25. The van der Waals surface area contributed by atoms with Gasteiger partial charge in [0.05, 0.1) is 6.61 Å². The van der Waals surface area contributed by atoms with Crippen molar-refractivity contribution in [3.8, 4) is 0 Å². The van der Waals surface area contributed by atoms with Gasteiger partial charge in [0.1, 0.15) is 11.3 Å². The molecule has 1 heterocycles. The van der Waals surface area contributed by atoms with E-state index < -0.39 is 0 Å². The van der Waals surface area contributed by atoms with Gasteiger partial charge in [-0.15, -0.1) is 0 Å². The molecule has 0 aliphatic rings. The fourth-order valence-electron chi connectivity index (χ4n) is 1.49. The van der Waals surface area contributed by atoms with Crippen LogP contribution in [0.2, 0.25) is 0 Å². The van der Waals surface area contributed by atoms with Crippen LogP contribution in [-0.4, -0.2) is 11.7 Å². The van der Waals surface area contributed by atoms with Gasteiger partial charge in [-0.2, -0.15) is 0 Å². The van der Waals surface area contributed by atoms with E-state index in [1.54, 1.807) is 0 Å². The summed E-state index contributed by atoms with van der Waals surface area (Å²) in [5.41, 5.74) is 2.09. The summed E-state index contributed by atoms with van der Waals surface area (Å²) in [6, 6.07) is 8.12. The molecule has 0 saturated heterocycles. The number of benzene rings is 1. The average molecular weight is 190 g/mol. The molecule has 74 valence electrons. The number of hydrogen-bond acceptors (Lipinski definition) is 2. The van der Waals surface area contributed by atoms with Crippen LogP contribution in [0.4, 0.5) is 0 Å². The molecule has 1 atom stereocenters. The van der Waals surface area contributed by atoms with Crippen LogP contribution < -0.4 is 0 Å². The number of aliphatic hydroxyl groups excluding tert-OH is 1. The molecule has 0 saturated carbocycles. The van der Waals surface area contributed by atoms with E-state index in [9.17, 15) is 0 Å². The van der Waals surface area contributed by atoms with E-state index in [4.69, 9.17) is 9.52 Å². The largest absolute Gasteiger partial charge is 0.461 e. The number of fused-ring (bicyclic) bond motifs is 1. The molecule has 1 aromatic heterocycles. The van der Waals surface area contributed by atoms with Gasteiger partial charge < -0.3 is 9.52 Å². The van der Waals surface area contributed by atoms with E-state index in [0.717, 1.165) is 16.7 Å². The summed E-state index contributed by atoms with van der Waals surface area (Å²) < 4.78 is 5.64. The Labute approximate surface area is 83.2 Å². The molecule has 1 aromatic carbocycles. The van der Waals surface area contributed by atoms with Gasteiger partial charge in [-0.25, -0.2) is 0 Å². The first-order valence-electron chi connectivity index (χ1n) is 4.81. The molecule has 1 N–H and O–H groups in total. The number of hydrogen-bond donors (Lipinski definition) is 1. The Morgan fingerprint density at radius 2 is 2.14 bits per heavy atom. The van der Waals surface area contributed by atoms with Crippen molar-refractivity contribution in [3.63, 3.8) is 0 Å². The Morgan fingerprint density at radius 3 is 2.86 bits per heavy atom.